The Labute approximate surface area is 188 Å². The van der Waals surface area contributed by atoms with Gasteiger partial charge in [-0.05, 0) is 40.1 Å². The number of piperazine rings is 1. The van der Waals surface area contributed by atoms with Crippen LogP contribution in [0.1, 0.15) is 11.1 Å². The van der Waals surface area contributed by atoms with Crippen LogP contribution >= 0.6 is 22.9 Å². The molecule has 3 aromatic rings. The summed E-state index contributed by atoms with van der Waals surface area (Å²) in [6.07, 6.45) is 0. The fourth-order valence-corrected chi connectivity index (χ4v) is 5.25. The van der Waals surface area contributed by atoms with Crippen LogP contribution in [0.5, 0.6) is 5.06 Å². The van der Waals surface area contributed by atoms with Gasteiger partial charge < -0.3 is 9.74 Å². The van der Waals surface area contributed by atoms with Crippen molar-refractivity contribution < 1.29 is 18.0 Å². The molecule has 1 amide bonds. The van der Waals surface area contributed by atoms with Crippen molar-refractivity contribution in [1.82, 2.24) is 14.1 Å². The first kappa shape index (κ1) is 21.5. The Morgan fingerprint density at radius 1 is 1.16 bits per heavy atom. The number of hydrogen-bond acceptors (Lipinski definition) is 6. The second-order valence-corrected chi connectivity index (χ2v) is 10.0. The molecular formula is C20H17ClN4O4S2. The zero-order valence-corrected chi connectivity index (χ0v) is 18.5. The molecule has 0 unspecified atom stereocenters. The number of nitriles is 1. The molecule has 1 saturated heterocycles. The van der Waals surface area contributed by atoms with Gasteiger partial charge in [-0.25, -0.2) is 0 Å². The van der Waals surface area contributed by atoms with E-state index in [4.69, 9.17) is 21.7 Å². The Morgan fingerprint density at radius 3 is 2.65 bits per heavy atom. The maximum Gasteiger partial charge on any atom is 0.311 e. The molecule has 0 spiro atoms. The van der Waals surface area contributed by atoms with Gasteiger partial charge in [0, 0.05) is 35.4 Å². The number of carbonyl (C=O) groups is 1. The molecule has 160 valence electrons. The van der Waals surface area contributed by atoms with Crippen LogP contribution in [0.3, 0.4) is 0 Å². The highest BCUT2D eigenvalue weighted by molar-refractivity contribution is 7.87. The number of rotatable bonds is 6. The van der Waals surface area contributed by atoms with E-state index in [2.05, 4.69) is 4.89 Å². The summed E-state index contributed by atoms with van der Waals surface area (Å²) in [7, 11) is -4.01. The van der Waals surface area contributed by atoms with E-state index in [1.54, 1.807) is 47.4 Å². The van der Waals surface area contributed by atoms with Gasteiger partial charge in [0.1, 0.15) is 0 Å². The molecule has 1 aliphatic heterocycles. The zero-order chi connectivity index (χ0) is 22.0. The third kappa shape index (κ3) is 4.98. The third-order valence-electron chi connectivity index (χ3n) is 4.79. The normalized spacial score (nSPS) is 15.2. The van der Waals surface area contributed by atoms with Gasteiger partial charge in [0.15, 0.2) is 0 Å². The van der Waals surface area contributed by atoms with E-state index in [1.807, 2.05) is 12.1 Å². The number of benzene rings is 2. The van der Waals surface area contributed by atoms with Gasteiger partial charge in [0.25, 0.3) is 0 Å². The summed E-state index contributed by atoms with van der Waals surface area (Å²) in [6.45, 7) is 0.466. The molecule has 0 aliphatic carbocycles. The fourth-order valence-electron chi connectivity index (χ4n) is 3.14. The van der Waals surface area contributed by atoms with Crippen LogP contribution in [0.4, 0.5) is 0 Å². The van der Waals surface area contributed by atoms with Gasteiger partial charge in [-0.1, -0.05) is 41.1 Å². The number of carbonyl (C=O) groups excluding carboxylic acids is 1. The highest BCUT2D eigenvalue weighted by atomic mass is 35.5. The highest BCUT2D eigenvalue weighted by Crippen LogP contribution is 2.33. The van der Waals surface area contributed by atoms with Crippen LogP contribution < -0.4 is 9.72 Å². The first-order valence-electron chi connectivity index (χ1n) is 9.24. The Kier molecular flexibility index (Phi) is 6.13. The average Bonchev–Trinajstić information content (AvgIpc) is 3.16. The van der Waals surface area contributed by atoms with Crippen molar-refractivity contribution in [1.29, 1.82) is 5.26 Å². The van der Waals surface area contributed by atoms with Gasteiger partial charge >= 0.3 is 10.2 Å². The quantitative estimate of drug-likeness (QED) is 0.551. The maximum atomic E-state index is 12.6. The summed E-state index contributed by atoms with van der Waals surface area (Å²) in [4.78, 5) is 21.4. The van der Waals surface area contributed by atoms with Crippen molar-refractivity contribution in [3.63, 3.8) is 0 Å². The lowest BCUT2D eigenvalue weighted by Gasteiger charge is -2.33. The molecule has 1 fully saturated rings. The first-order chi connectivity index (χ1) is 14.8. The van der Waals surface area contributed by atoms with Crippen LogP contribution in [0.2, 0.25) is 5.02 Å². The summed E-state index contributed by atoms with van der Waals surface area (Å²) in [6, 6.07) is 16.0. The summed E-state index contributed by atoms with van der Waals surface area (Å²) < 4.78 is 27.1. The molecule has 2 aromatic carbocycles. The van der Waals surface area contributed by atoms with E-state index >= 15 is 0 Å². The topological polar surface area (TPSA) is 103 Å². The van der Waals surface area contributed by atoms with Gasteiger partial charge in [-0.3, -0.25) is 4.79 Å². The van der Waals surface area contributed by atoms with Crippen LogP contribution in [-0.4, -0.2) is 43.2 Å². The van der Waals surface area contributed by atoms with Crippen molar-refractivity contribution in [3.05, 3.63) is 64.7 Å². The van der Waals surface area contributed by atoms with Gasteiger partial charge in [-0.15, -0.1) is 0 Å². The predicted molar refractivity (Wildman–Crippen MR) is 118 cm³/mol. The van der Waals surface area contributed by atoms with Crippen molar-refractivity contribution in [2.75, 3.05) is 19.6 Å². The highest BCUT2D eigenvalue weighted by Gasteiger charge is 2.32. The Hall–Kier alpha value is -2.68. The van der Waals surface area contributed by atoms with Crippen LogP contribution in [0, 0.1) is 11.3 Å². The second-order valence-electron chi connectivity index (χ2n) is 6.90. The molecule has 8 nitrogen and oxygen atoms in total. The molecule has 0 radical (unpaired) electrons. The van der Waals surface area contributed by atoms with E-state index in [-0.39, 0.29) is 25.5 Å². The van der Waals surface area contributed by atoms with Crippen LogP contribution in [-0.2, 0) is 21.5 Å². The Morgan fingerprint density at radius 2 is 1.94 bits per heavy atom. The number of fused-ring (bicyclic) bond motifs is 1. The fraction of sp³-hybridized carbons (Fsp3) is 0.200. The molecule has 1 aliphatic rings. The molecule has 11 heteroatoms. The predicted octanol–water partition coefficient (Wildman–Crippen LogP) is 2.90. The molecule has 31 heavy (non-hydrogen) atoms. The Balaban J connectivity index is 1.35. The smallest absolute Gasteiger partial charge is 0.311 e. The van der Waals surface area contributed by atoms with Crippen molar-refractivity contribution in [2.45, 2.75) is 6.54 Å². The molecule has 1 N–H and O–H groups in total. The van der Waals surface area contributed by atoms with E-state index in [0.717, 1.165) is 20.0 Å². The summed E-state index contributed by atoms with van der Waals surface area (Å²) in [5, 5.41) is 10.7. The largest absolute Gasteiger partial charge is 0.382 e. The summed E-state index contributed by atoms with van der Waals surface area (Å²) >= 11 is 7.22. The number of nitrogens with zero attached hydrogens (tertiary/aromatic N) is 3. The third-order valence-corrected chi connectivity index (χ3v) is 7.28. The van der Waals surface area contributed by atoms with Crippen molar-refractivity contribution >= 4 is 49.1 Å². The number of amides is 1. The molecule has 1 aromatic heterocycles. The second kappa shape index (κ2) is 8.82. The SMILES string of the molecule is N#Cc1ccc(CN2CCN(S(=O)(=O)NOc3cc4ccc(Cl)cc4s3)CC2=O)cc1. The van der Waals surface area contributed by atoms with Gasteiger partial charge in [0.05, 0.1) is 18.2 Å². The number of hydrogen-bond donors (Lipinski definition) is 1. The zero-order valence-electron chi connectivity index (χ0n) is 16.1. The summed E-state index contributed by atoms with van der Waals surface area (Å²) in [5.74, 6) is -0.308. The molecular weight excluding hydrogens is 460 g/mol. The van der Waals surface area contributed by atoms with E-state index in [9.17, 15) is 13.2 Å². The maximum absolute atomic E-state index is 12.6. The van der Waals surface area contributed by atoms with Crippen LogP contribution in [0.15, 0.2) is 48.5 Å². The minimum Gasteiger partial charge on any atom is -0.382 e. The van der Waals surface area contributed by atoms with E-state index in [1.165, 1.54) is 11.3 Å². The molecule has 0 bridgehead atoms. The standard InChI is InChI=1S/C20H17ClN4O4S2/c21-17-6-5-16-9-20(30-18(16)10-17)29-23-31(27,28)25-8-7-24(19(26)13-25)12-15-3-1-14(11-22)2-4-15/h1-6,9-10,23H,7-8,12-13H2. The average molecular weight is 477 g/mol. The molecule has 2 heterocycles. The van der Waals surface area contributed by atoms with Crippen molar-refractivity contribution in [2.24, 2.45) is 0 Å². The van der Waals surface area contributed by atoms with E-state index < -0.39 is 10.2 Å². The number of halogens is 1. The summed E-state index contributed by atoms with van der Waals surface area (Å²) in [5.41, 5.74) is 1.41. The van der Waals surface area contributed by atoms with Crippen molar-refractivity contribution in [3.8, 4) is 11.1 Å². The van der Waals surface area contributed by atoms with Crippen LogP contribution in [0.25, 0.3) is 10.1 Å². The number of nitrogens with one attached hydrogen (secondary N) is 1. The minimum atomic E-state index is -4.01. The number of thiophene rings is 1. The lowest BCUT2D eigenvalue weighted by atomic mass is 10.1. The molecule has 4 rings (SSSR count). The van der Waals surface area contributed by atoms with E-state index in [0.29, 0.717) is 22.2 Å². The first-order valence-corrected chi connectivity index (χ1v) is 11.9. The monoisotopic (exact) mass is 476 g/mol. The molecule has 0 saturated carbocycles. The van der Waals surface area contributed by atoms with Gasteiger partial charge in [0.2, 0.25) is 11.0 Å². The minimum absolute atomic E-state index is 0.142. The Bertz CT molecular complexity index is 1270. The van der Waals surface area contributed by atoms with Gasteiger partial charge in [-0.2, -0.15) is 18.0 Å². The molecule has 0 atom stereocenters. The lowest BCUT2D eigenvalue weighted by molar-refractivity contribution is -0.134. The lowest BCUT2D eigenvalue weighted by Crippen LogP contribution is -2.54.